The molecule has 0 radical (unpaired) electrons. The number of amides is 1. The zero-order valence-corrected chi connectivity index (χ0v) is 14.1. The van der Waals surface area contributed by atoms with Gasteiger partial charge in [0.05, 0.1) is 10.6 Å². The van der Waals surface area contributed by atoms with Gasteiger partial charge in [-0.05, 0) is 42.8 Å². The number of thiophene rings is 1. The summed E-state index contributed by atoms with van der Waals surface area (Å²) >= 11 is 1.60. The molecule has 0 saturated carbocycles. The molecular formula is C18H18N4OS. The van der Waals surface area contributed by atoms with E-state index in [1.165, 1.54) is 6.42 Å². The van der Waals surface area contributed by atoms with E-state index in [1.807, 2.05) is 52.7 Å². The maximum atomic E-state index is 12.8. The van der Waals surface area contributed by atoms with Crippen LogP contribution >= 0.6 is 11.3 Å². The van der Waals surface area contributed by atoms with Gasteiger partial charge in [-0.2, -0.15) is 0 Å². The van der Waals surface area contributed by atoms with E-state index < -0.39 is 0 Å². The molecule has 2 aromatic heterocycles. The molecule has 5 nitrogen and oxygen atoms in total. The monoisotopic (exact) mass is 338 g/mol. The fourth-order valence-corrected chi connectivity index (χ4v) is 3.65. The molecular weight excluding hydrogens is 320 g/mol. The predicted molar refractivity (Wildman–Crippen MR) is 94.4 cm³/mol. The van der Waals surface area contributed by atoms with Crippen LogP contribution in [0.3, 0.4) is 0 Å². The maximum absolute atomic E-state index is 12.8. The number of piperidine rings is 1. The highest BCUT2D eigenvalue weighted by atomic mass is 32.1. The van der Waals surface area contributed by atoms with E-state index in [9.17, 15) is 4.79 Å². The van der Waals surface area contributed by atoms with Crippen molar-refractivity contribution < 1.29 is 4.79 Å². The van der Waals surface area contributed by atoms with Crippen molar-refractivity contribution in [2.24, 2.45) is 0 Å². The number of para-hydroxylation sites is 1. The van der Waals surface area contributed by atoms with Crippen molar-refractivity contribution in [3.63, 3.8) is 0 Å². The van der Waals surface area contributed by atoms with Crippen LogP contribution in [-0.4, -0.2) is 38.7 Å². The number of aromatic nitrogens is 3. The van der Waals surface area contributed by atoms with E-state index in [2.05, 4.69) is 10.1 Å². The number of rotatable bonds is 3. The molecule has 0 spiro atoms. The van der Waals surface area contributed by atoms with Gasteiger partial charge < -0.3 is 4.90 Å². The lowest BCUT2D eigenvalue weighted by Crippen LogP contribution is -2.36. The van der Waals surface area contributed by atoms with E-state index >= 15 is 0 Å². The predicted octanol–water partition coefficient (Wildman–Crippen LogP) is 3.62. The minimum atomic E-state index is -0.0674. The molecule has 6 heteroatoms. The fourth-order valence-electron chi connectivity index (χ4n) is 2.96. The summed E-state index contributed by atoms with van der Waals surface area (Å²) in [4.78, 5) is 20.2. The number of carbonyl (C=O) groups excluding carboxylic acids is 1. The number of benzene rings is 1. The molecule has 1 aromatic carbocycles. The molecule has 0 aliphatic carbocycles. The fraction of sp³-hybridized carbons (Fsp3) is 0.278. The van der Waals surface area contributed by atoms with Crippen molar-refractivity contribution >= 4 is 17.2 Å². The van der Waals surface area contributed by atoms with Gasteiger partial charge in [0.25, 0.3) is 5.91 Å². The van der Waals surface area contributed by atoms with E-state index in [0.717, 1.165) is 42.3 Å². The molecule has 1 amide bonds. The lowest BCUT2D eigenvalue weighted by atomic mass is 10.1. The zero-order valence-electron chi connectivity index (χ0n) is 13.3. The Morgan fingerprint density at radius 3 is 2.50 bits per heavy atom. The average Bonchev–Trinajstić information content (AvgIpc) is 3.32. The maximum Gasteiger partial charge on any atom is 0.293 e. The highest BCUT2D eigenvalue weighted by Crippen LogP contribution is 2.26. The van der Waals surface area contributed by atoms with E-state index in [-0.39, 0.29) is 11.7 Å². The molecule has 1 aliphatic heterocycles. The SMILES string of the molecule is O=C(c1nc(-c2cccs2)n(-c2ccccc2)n1)N1CCCCC1. The molecule has 122 valence electrons. The van der Waals surface area contributed by atoms with Crippen molar-refractivity contribution in [1.29, 1.82) is 0 Å². The highest BCUT2D eigenvalue weighted by Gasteiger charge is 2.24. The number of likely N-dealkylation sites (tertiary alicyclic amines) is 1. The van der Waals surface area contributed by atoms with Crippen LogP contribution in [0.25, 0.3) is 16.4 Å². The first-order valence-electron chi connectivity index (χ1n) is 8.18. The minimum absolute atomic E-state index is 0.0674. The van der Waals surface area contributed by atoms with Crippen LogP contribution in [-0.2, 0) is 0 Å². The Balaban J connectivity index is 1.75. The Hall–Kier alpha value is -2.47. The molecule has 24 heavy (non-hydrogen) atoms. The van der Waals surface area contributed by atoms with Gasteiger partial charge in [0.15, 0.2) is 5.82 Å². The van der Waals surface area contributed by atoms with E-state index in [4.69, 9.17) is 0 Å². The molecule has 4 rings (SSSR count). The number of hydrogen-bond acceptors (Lipinski definition) is 4. The van der Waals surface area contributed by atoms with Crippen LogP contribution in [0.2, 0.25) is 0 Å². The van der Waals surface area contributed by atoms with Gasteiger partial charge in [-0.25, -0.2) is 9.67 Å². The number of hydrogen-bond donors (Lipinski definition) is 0. The summed E-state index contributed by atoms with van der Waals surface area (Å²) < 4.78 is 1.77. The second-order valence-corrected chi connectivity index (χ2v) is 6.78. The summed E-state index contributed by atoms with van der Waals surface area (Å²) in [6.07, 6.45) is 3.31. The first-order chi connectivity index (χ1) is 11.8. The summed E-state index contributed by atoms with van der Waals surface area (Å²) in [5, 5.41) is 6.54. The van der Waals surface area contributed by atoms with Gasteiger partial charge in [0.2, 0.25) is 5.82 Å². The third-order valence-corrected chi connectivity index (χ3v) is 5.05. The lowest BCUT2D eigenvalue weighted by molar-refractivity contribution is 0.0712. The molecule has 0 unspecified atom stereocenters. The van der Waals surface area contributed by atoms with Crippen LogP contribution in [0.5, 0.6) is 0 Å². The molecule has 0 bridgehead atoms. The Morgan fingerprint density at radius 1 is 1.00 bits per heavy atom. The van der Waals surface area contributed by atoms with Gasteiger partial charge in [-0.15, -0.1) is 16.4 Å². The third kappa shape index (κ3) is 2.85. The van der Waals surface area contributed by atoms with Crippen molar-refractivity contribution in [1.82, 2.24) is 19.7 Å². The molecule has 1 aliphatic rings. The van der Waals surface area contributed by atoms with Gasteiger partial charge in [-0.3, -0.25) is 4.79 Å². The Morgan fingerprint density at radius 2 is 1.79 bits per heavy atom. The first kappa shape index (κ1) is 15.1. The molecule has 1 saturated heterocycles. The highest BCUT2D eigenvalue weighted by molar-refractivity contribution is 7.13. The van der Waals surface area contributed by atoms with Gasteiger partial charge in [0.1, 0.15) is 0 Å². The standard InChI is InChI=1S/C18H18N4OS/c23-18(21-11-5-2-6-12-21)16-19-17(15-10-7-13-24-15)22(20-16)14-8-3-1-4-9-14/h1,3-4,7-10,13H,2,5-6,11-12H2. The summed E-state index contributed by atoms with van der Waals surface area (Å²) in [6.45, 7) is 1.60. The summed E-state index contributed by atoms with van der Waals surface area (Å²) in [6, 6.07) is 13.8. The van der Waals surface area contributed by atoms with E-state index in [0.29, 0.717) is 0 Å². The molecule has 1 fully saturated rings. The van der Waals surface area contributed by atoms with Crippen molar-refractivity contribution in [2.45, 2.75) is 19.3 Å². The van der Waals surface area contributed by atoms with Crippen molar-refractivity contribution in [3.8, 4) is 16.4 Å². The second kappa shape index (κ2) is 6.57. The van der Waals surface area contributed by atoms with Crippen molar-refractivity contribution in [2.75, 3.05) is 13.1 Å². The molecule has 0 N–H and O–H groups in total. The average molecular weight is 338 g/mol. The van der Waals surface area contributed by atoms with Crippen molar-refractivity contribution in [3.05, 3.63) is 53.7 Å². The molecule has 3 aromatic rings. The largest absolute Gasteiger partial charge is 0.336 e. The zero-order chi connectivity index (χ0) is 16.4. The summed E-state index contributed by atoms with van der Waals surface area (Å²) in [5.74, 6) is 0.933. The normalized spacial score (nSPS) is 14.8. The van der Waals surface area contributed by atoms with Gasteiger partial charge in [0, 0.05) is 13.1 Å². The van der Waals surface area contributed by atoms with Gasteiger partial charge >= 0.3 is 0 Å². The Kier molecular flexibility index (Phi) is 4.13. The smallest absolute Gasteiger partial charge is 0.293 e. The molecule has 3 heterocycles. The summed E-state index contributed by atoms with van der Waals surface area (Å²) in [5.41, 5.74) is 0.908. The quantitative estimate of drug-likeness (QED) is 0.733. The second-order valence-electron chi connectivity index (χ2n) is 5.84. The van der Waals surface area contributed by atoms with Crippen LogP contribution in [0.15, 0.2) is 47.8 Å². The Bertz CT molecular complexity index is 820. The van der Waals surface area contributed by atoms with Crippen LogP contribution in [0.1, 0.15) is 29.9 Å². The summed E-state index contributed by atoms with van der Waals surface area (Å²) in [7, 11) is 0. The minimum Gasteiger partial charge on any atom is -0.336 e. The first-order valence-corrected chi connectivity index (χ1v) is 9.06. The van der Waals surface area contributed by atoms with Crippen LogP contribution < -0.4 is 0 Å². The number of nitrogens with zero attached hydrogens (tertiary/aromatic N) is 4. The Labute approximate surface area is 144 Å². The topological polar surface area (TPSA) is 51.0 Å². The number of carbonyl (C=O) groups is 1. The lowest BCUT2D eigenvalue weighted by Gasteiger charge is -2.25. The van der Waals surface area contributed by atoms with Gasteiger partial charge in [-0.1, -0.05) is 24.3 Å². The third-order valence-electron chi connectivity index (χ3n) is 4.18. The van der Waals surface area contributed by atoms with Crippen LogP contribution in [0, 0.1) is 0 Å². The van der Waals surface area contributed by atoms with Crippen LogP contribution in [0.4, 0.5) is 0 Å². The molecule has 0 atom stereocenters. The van der Waals surface area contributed by atoms with E-state index in [1.54, 1.807) is 16.0 Å².